The second kappa shape index (κ2) is 4.90. The molecule has 0 spiro atoms. The fourth-order valence-corrected chi connectivity index (χ4v) is 2.59. The van der Waals surface area contributed by atoms with Crippen molar-refractivity contribution in [2.24, 2.45) is 0 Å². The first kappa shape index (κ1) is 12.6. The van der Waals surface area contributed by atoms with Gasteiger partial charge in [0.1, 0.15) is 11.0 Å². The van der Waals surface area contributed by atoms with Gasteiger partial charge in [-0.2, -0.15) is 5.10 Å². The van der Waals surface area contributed by atoms with E-state index in [1.807, 2.05) is 35.9 Å². The van der Waals surface area contributed by atoms with Crippen LogP contribution in [0.15, 0.2) is 34.9 Å². The molecule has 0 aliphatic carbocycles. The highest BCUT2D eigenvalue weighted by molar-refractivity contribution is 9.10. The van der Waals surface area contributed by atoms with Crippen molar-refractivity contribution in [2.75, 3.05) is 0 Å². The number of fused-ring (bicyclic) bond motifs is 1. The summed E-state index contributed by atoms with van der Waals surface area (Å²) in [5, 5.41) is 5.56. The first-order chi connectivity index (χ1) is 9.15. The lowest BCUT2D eigenvalue weighted by Gasteiger charge is -2.06. The summed E-state index contributed by atoms with van der Waals surface area (Å²) < 4.78 is 2.88. The van der Waals surface area contributed by atoms with Crippen LogP contribution in [0.4, 0.5) is 0 Å². The molecule has 0 saturated carbocycles. The molecule has 0 atom stereocenters. The molecule has 1 aromatic carbocycles. The Morgan fingerprint density at radius 2 is 2.05 bits per heavy atom. The maximum absolute atomic E-state index is 6.10. The van der Waals surface area contributed by atoms with Crippen LogP contribution in [0.3, 0.4) is 0 Å². The monoisotopic (exact) mass is 336 g/mol. The van der Waals surface area contributed by atoms with E-state index in [1.165, 1.54) is 0 Å². The summed E-state index contributed by atoms with van der Waals surface area (Å²) in [6.07, 6.45) is 1.70. The Labute approximate surface area is 123 Å². The van der Waals surface area contributed by atoms with Crippen LogP contribution in [0, 0.1) is 6.92 Å². The SMILES string of the molecule is Cc1nc(Cl)c2cnn(Cc3ccccc3Br)c2n1. The minimum atomic E-state index is 0.445. The molecule has 6 heteroatoms. The number of aryl methyl sites for hydroxylation is 1. The summed E-state index contributed by atoms with van der Waals surface area (Å²) in [5.74, 6) is 0.645. The molecule has 3 aromatic rings. The molecule has 3 rings (SSSR count). The van der Waals surface area contributed by atoms with Gasteiger partial charge in [-0.3, -0.25) is 0 Å². The summed E-state index contributed by atoms with van der Waals surface area (Å²) >= 11 is 9.63. The van der Waals surface area contributed by atoms with Crippen molar-refractivity contribution in [2.45, 2.75) is 13.5 Å². The maximum atomic E-state index is 6.10. The van der Waals surface area contributed by atoms with Crippen LogP contribution in [0.1, 0.15) is 11.4 Å². The zero-order valence-corrected chi connectivity index (χ0v) is 12.5. The molecule has 0 fully saturated rings. The van der Waals surface area contributed by atoms with Gasteiger partial charge in [-0.25, -0.2) is 14.6 Å². The number of halogens is 2. The zero-order chi connectivity index (χ0) is 13.4. The van der Waals surface area contributed by atoms with Crippen molar-refractivity contribution >= 4 is 38.6 Å². The fourth-order valence-electron chi connectivity index (χ4n) is 1.93. The third-order valence-electron chi connectivity index (χ3n) is 2.84. The van der Waals surface area contributed by atoms with Gasteiger partial charge in [-0.05, 0) is 18.6 Å². The van der Waals surface area contributed by atoms with E-state index in [9.17, 15) is 0 Å². The standard InChI is InChI=1S/C13H10BrClN4/c1-8-17-12(15)10-6-16-19(13(10)18-8)7-9-4-2-3-5-11(9)14/h2-6H,7H2,1H3. The molecule has 0 aliphatic rings. The first-order valence-electron chi connectivity index (χ1n) is 5.74. The van der Waals surface area contributed by atoms with Gasteiger partial charge in [0.2, 0.25) is 0 Å². The average molecular weight is 338 g/mol. The normalized spacial score (nSPS) is 11.1. The Morgan fingerprint density at radius 3 is 2.84 bits per heavy atom. The third-order valence-corrected chi connectivity index (χ3v) is 3.90. The molecule has 0 aliphatic heterocycles. The van der Waals surface area contributed by atoms with Crippen LogP contribution in [-0.2, 0) is 6.54 Å². The molecule has 0 saturated heterocycles. The number of hydrogen-bond donors (Lipinski definition) is 0. The lowest BCUT2D eigenvalue weighted by molar-refractivity contribution is 0.700. The molecule has 19 heavy (non-hydrogen) atoms. The number of hydrogen-bond acceptors (Lipinski definition) is 3. The molecular weight excluding hydrogens is 328 g/mol. The predicted molar refractivity (Wildman–Crippen MR) is 78.3 cm³/mol. The smallest absolute Gasteiger partial charge is 0.163 e. The van der Waals surface area contributed by atoms with Gasteiger partial charge in [-0.1, -0.05) is 45.7 Å². The van der Waals surface area contributed by atoms with E-state index in [4.69, 9.17) is 11.6 Å². The molecular formula is C13H10BrClN4. The average Bonchev–Trinajstić information content (AvgIpc) is 2.76. The molecule has 0 amide bonds. The second-order valence-corrected chi connectivity index (χ2v) is 5.40. The number of benzene rings is 1. The number of rotatable bonds is 2. The highest BCUT2D eigenvalue weighted by Crippen LogP contribution is 2.22. The Morgan fingerprint density at radius 1 is 1.26 bits per heavy atom. The summed E-state index contributed by atoms with van der Waals surface area (Å²) in [5.41, 5.74) is 1.90. The predicted octanol–water partition coefficient (Wildman–Crippen LogP) is 3.60. The van der Waals surface area contributed by atoms with Crippen molar-refractivity contribution in [1.82, 2.24) is 19.7 Å². The van der Waals surface area contributed by atoms with E-state index in [0.717, 1.165) is 21.1 Å². The summed E-state index contributed by atoms with van der Waals surface area (Å²) in [6, 6.07) is 8.04. The van der Waals surface area contributed by atoms with Crippen molar-refractivity contribution in [3.05, 3.63) is 51.5 Å². The van der Waals surface area contributed by atoms with E-state index in [2.05, 4.69) is 31.0 Å². The highest BCUT2D eigenvalue weighted by Gasteiger charge is 2.11. The highest BCUT2D eigenvalue weighted by atomic mass is 79.9. The lowest BCUT2D eigenvalue weighted by atomic mass is 10.2. The molecule has 4 nitrogen and oxygen atoms in total. The Bertz CT molecular complexity index is 753. The van der Waals surface area contributed by atoms with E-state index in [0.29, 0.717) is 17.5 Å². The molecule has 2 heterocycles. The minimum Gasteiger partial charge on any atom is -0.243 e. The number of aromatic nitrogens is 4. The van der Waals surface area contributed by atoms with Crippen LogP contribution >= 0.6 is 27.5 Å². The van der Waals surface area contributed by atoms with Crippen LogP contribution in [0.2, 0.25) is 5.15 Å². The van der Waals surface area contributed by atoms with Crippen LogP contribution < -0.4 is 0 Å². The molecule has 96 valence electrons. The van der Waals surface area contributed by atoms with Crippen LogP contribution in [0.25, 0.3) is 11.0 Å². The van der Waals surface area contributed by atoms with Crippen LogP contribution in [-0.4, -0.2) is 19.7 Å². The molecule has 0 N–H and O–H groups in total. The molecule has 0 bridgehead atoms. The summed E-state index contributed by atoms with van der Waals surface area (Å²) in [7, 11) is 0. The van der Waals surface area contributed by atoms with Gasteiger partial charge in [0.15, 0.2) is 5.65 Å². The second-order valence-electron chi connectivity index (χ2n) is 4.19. The van der Waals surface area contributed by atoms with Crippen molar-refractivity contribution in [3.8, 4) is 0 Å². The quantitative estimate of drug-likeness (QED) is 0.671. The van der Waals surface area contributed by atoms with Crippen LogP contribution in [0.5, 0.6) is 0 Å². The minimum absolute atomic E-state index is 0.445. The largest absolute Gasteiger partial charge is 0.243 e. The molecule has 0 unspecified atom stereocenters. The fraction of sp³-hybridized carbons (Fsp3) is 0.154. The van der Waals surface area contributed by atoms with Gasteiger partial charge in [0.05, 0.1) is 18.1 Å². The molecule has 2 aromatic heterocycles. The van der Waals surface area contributed by atoms with E-state index in [-0.39, 0.29) is 0 Å². The Hall–Kier alpha value is -1.46. The van der Waals surface area contributed by atoms with Crippen molar-refractivity contribution < 1.29 is 0 Å². The van der Waals surface area contributed by atoms with Gasteiger partial charge in [0.25, 0.3) is 0 Å². The van der Waals surface area contributed by atoms with Gasteiger partial charge in [-0.15, -0.1) is 0 Å². The molecule has 0 radical (unpaired) electrons. The summed E-state index contributed by atoms with van der Waals surface area (Å²) in [6.45, 7) is 2.46. The third kappa shape index (κ3) is 2.35. The Kier molecular flexibility index (Phi) is 3.24. The van der Waals surface area contributed by atoms with E-state index >= 15 is 0 Å². The van der Waals surface area contributed by atoms with Crippen molar-refractivity contribution in [3.63, 3.8) is 0 Å². The lowest BCUT2D eigenvalue weighted by Crippen LogP contribution is -2.04. The Balaban J connectivity index is 2.09. The topological polar surface area (TPSA) is 43.6 Å². The van der Waals surface area contributed by atoms with E-state index < -0.39 is 0 Å². The van der Waals surface area contributed by atoms with Gasteiger partial charge < -0.3 is 0 Å². The van der Waals surface area contributed by atoms with Crippen molar-refractivity contribution in [1.29, 1.82) is 0 Å². The zero-order valence-electron chi connectivity index (χ0n) is 10.1. The maximum Gasteiger partial charge on any atom is 0.163 e. The van der Waals surface area contributed by atoms with Gasteiger partial charge >= 0.3 is 0 Å². The van der Waals surface area contributed by atoms with Gasteiger partial charge in [0, 0.05) is 4.47 Å². The number of nitrogens with zero attached hydrogens (tertiary/aromatic N) is 4. The summed E-state index contributed by atoms with van der Waals surface area (Å²) in [4.78, 5) is 8.54. The first-order valence-corrected chi connectivity index (χ1v) is 6.91. The van der Waals surface area contributed by atoms with E-state index in [1.54, 1.807) is 6.20 Å².